The monoisotopic (exact) mass is 235 g/mol. The van der Waals surface area contributed by atoms with Crippen LogP contribution in [-0.2, 0) is 4.74 Å². The molecule has 1 aliphatic heterocycles. The Balaban J connectivity index is 2.09. The van der Waals surface area contributed by atoms with Crippen LogP contribution in [0.3, 0.4) is 0 Å². The van der Waals surface area contributed by atoms with Gasteiger partial charge in [0.25, 0.3) is 0 Å². The van der Waals surface area contributed by atoms with E-state index in [1.165, 1.54) is 0 Å². The molecule has 2 N–H and O–H groups in total. The summed E-state index contributed by atoms with van der Waals surface area (Å²) < 4.78 is 5.38. The van der Waals surface area contributed by atoms with E-state index in [2.05, 4.69) is 5.32 Å². The van der Waals surface area contributed by atoms with Crippen molar-refractivity contribution in [1.82, 2.24) is 0 Å². The summed E-state index contributed by atoms with van der Waals surface area (Å²) in [5.41, 5.74) is 1.03. The van der Waals surface area contributed by atoms with Crippen molar-refractivity contribution in [1.29, 1.82) is 0 Å². The van der Waals surface area contributed by atoms with Gasteiger partial charge >= 0.3 is 5.97 Å². The summed E-state index contributed by atoms with van der Waals surface area (Å²) >= 11 is 0. The Morgan fingerprint density at radius 2 is 2.12 bits per heavy atom. The van der Waals surface area contributed by atoms with E-state index >= 15 is 0 Å². The largest absolute Gasteiger partial charge is 0.478 e. The molecule has 0 aliphatic carbocycles. The maximum atomic E-state index is 11.1. The molecule has 1 fully saturated rings. The number of aromatic carboxylic acids is 1. The fourth-order valence-corrected chi connectivity index (χ4v) is 2.06. The van der Waals surface area contributed by atoms with Crippen LogP contribution in [-0.4, -0.2) is 30.3 Å². The van der Waals surface area contributed by atoms with Crippen LogP contribution in [0.1, 0.15) is 29.6 Å². The summed E-state index contributed by atoms with van der Waals surface area (Å²) in [6.07, 6.45) is 2.97. The van der Waals surface area contributed by atoms with Crippen molar-refractivity contribution in [2.24, 2.45) is 0 Å². The molecule has 0 spiro atoms. The molecule has 1 aromatic rings. The summed E-state index contributed by atoms with van der Waals surface area (Å²) in [6, 6.07) is 7.33. The van der Waals surface area contributed by atoms with Gasteiger partial charge in [-0.2, -0.15) is 0 Å². The van der Waals surface area contributed by atoms with E-state index in [1.54, 1.807) is 12.1 Å². The molecule has 0 radical (unpaired) electrons. The van der Waals surface area contributed by atoms with Crippen LogP contribution >= 0.6 is 0 Å². The molecule has 1 aromatic carbocycles. The number of ether oxygens (including phenoxy) is 1. The molecule has 1 heterocycles. The molecule has 1 atom stereocenters. The number of nitrogens with one attached hydrogen (secondary N) is 1. The highest BCUT2D eigenvalue weighted by Crippen LogP contribution is 2.19. The minimum atomic E-state index is -0.891. The van der Waals surface area contributed by atoms with Crippen LogP contribution in [0.15, 0.2) is 24.3 Å². The van der Waals surface area contributed by atoms with Crippen LogP contribution in [0.2, 0.25) is 0 Å². The number of para-hydroxylation sites is 1. The lowest BCUT2D eigenvalue weighted by atomic mass is 10.1. The summed E-state index contributed by atoms with van der Waals surface area (Å²) in [5, 5.41) is 12.4. The summed E-state index contributed by atoms with van der Waals surface area (Å²) in [6.45, 7) is 1.55. The van der Waals surface area contributed by atoms with Gasteiger partial charge in [0.15, 0.2) is 0 Å². The maximum Gasteiger partial charge on any atom is 0.337 e. The van der Waals surface area contributed by atoms with Crippen molar-refractivity contribution in [3.05, 3.63) is 29.8 Å². The predicted octanol–water partition coefficient (Wildman–Crippen LogP) is 2.37. The standard InChI is InChI=1S/C13H17NO3/c15-13(16)11-5-1-2-6-12(11)14-10-4-3-8-17-9-7-10/h1-2,5-6,10,14H,3-4,7-9H2,(H,15,16). The molecular formula is C13H17NO3. The topological polar surface area (TPSA) is 58.6 Å². The Kier molecular flexibility index (Phi) is 3.98. The quantitative estimate of drug-likeness (QED) is 0.844. The highest BCUT2D eigenvalue weighted by Gasteiger charge is 2.15. The zero-order chi connectivity index (χ0) is 12.1. The Morgan fingerprint density at radius 3 is 2.94 bits per heavy atom. The summed E-state index contributed by atoms with van der Waals surface area (Å²) in [5.74, 6) is -0.891. The van der Waals surface area contributed by atoms with Crippen LogP contribution < -0.4 is 5.32 Å². The molecule has 0 saturated carbocycles. The lowest BCUT2D eigenvalue weighted by Gasteiger charge is -2.18. The second kappa shape index (κ2) is 5.68. The lowest BCUT2D eigenvalue weighted by molar-refractivity contribution is 0.0698. The normalized spacial score (nSPS) is 20.6. The van der Waals surface area contributed by atoms with Crippen LogP contribution in [0.25, 0.3) is 0 Å². The average Bonchev–Trinajstić information content (AvgIpc) is 2.58. The van der Waals surface area contributed by atoms with Crippen molar-refractivity contribution in [3.63, 3.8) is 0 Å². The second-order valence-electron chi connectivity index (χ2n) is 4.24. The molecule has 92 valence electrons. The number of hydrogen-bond donors (Lipinski definition) is 2. The lowest BCUT2D eigenvalue weighted by Crippen LogP contribution is -2.21. The molecule has 2 rings (SSSR count). The Hall–Kier alpha value is -1.55. The van der Waals surface area contributed by atoms with Crippen molar-refractivity contribution in [2.45, 2.75) is 25.3 Å². The third-order valence-electron chi connectivity index (χ3n) is 2.97. The smallest absolute Gasteiger partial charge is 0.337 e. The van der Waals surface area contributed by atoms with Crippen LogP contribution in [0.4, 0.5) is 5.69 Å². The van der Waals surface area contributed by atoms with Crippen LogP contribution in [0.5, 0.6) is 0 Å². The first-order chi connectivity index (χ1) is 8.27. The summed E-state index contributed by atoms with van der Waals surface area (Å²) in [7, 11) is 0. The van der Waals surface area contributed by atoms with Gasteiger partial charge in [-0.25, -0.2) is 4.79 Å². The van der Waals surface area contributed by atoms with E-state index in [4.69, 9.17) is 9.84 Å². The van der Waals surface area contributed by atoms with Crippen LogP contribution in [0, 0.1) is 0 Å². The molecule has 1 aliphatic rings. The number of carboxylic acids is 1. The van der Waals surface area contributed by atoms with Crippen molar-refractivity contribution < 1.29 is 14.6 Å². The van der Waals surface area contributed by atoms with Gasteiger partial charge in [-0.3, -0.25) is 0 Å². The highest BCUT2D eigenvalue weighted by molar-refractivity contribution is 5.94. The Labute approximate surface area is 101 Å². The molecule has 4 heteroatoms. The third-order valence-corrected chi connectivity index (χ3v) is 2.97. The number of carboxylic acid groups (broad SMARTS) is 1. The SMILES string of the molecule is O=C(O)c1ccccc1NC1CCCOCC1. The zero-order valence-electron chi connectivity index (χ0n) is 9.69. The fourth-order valence-electron chi connectivity index (χ4n) is 2.06. The average molecular weight is 235 g/mol. The van der Waals surface area contributed by atoms with Crippen molar-refractivity contribution in [2.75, 3.05) is 18.5 Å². The summed E-state index contributed by atoms with van der Waals surface area (Å²) in [4.78, 5) is 11.1. The zero-order valence-corrected chi connectivity index (χ0v) is 9.69. The maximum absolute atomic E-state index is 11.1. The number of benzene rings is 1. The Bertz CT molecular complexity index is 384. The molecule has 0 bridgehead atoms. The predicted molar refractivity (Wildman–Crippen MR) is 65.5 cm³/mol. The van der Waals surface area contributed by atoms with Gasteiger partial charge in [0, 0.05) is 24.9 Å². The minimum Gasteiger partial charge on any atom is -0.478 e. The van der Waals surface area contributed by atoms with Gasteiger partial charge in [-0.15, -0.1) is 0 Å². The van der Waals surface area contributed by atoms with E-state index in [0.717, 1.165) is 32.5 Å². The minimum absolute atomic E-state index is 0.304. The molecule has 17 heavy (non-hydrogen) atoms. The number of anilines is 1. The Morgan fingerprint density at radius 1 is 1.29 bits per heavy atom. The molecule has 4 nitrogen and oxygen atoms in total. The van der Waals surface area contributed by atoms with E-state index in [1.807, 2.05) is 12.1 Å². The van der Waals surface area contributed by atoms with E-state index in [9.17, 15) is 4.79 Å². The van der Waals surface area contributed by atoms with Gasteiger partial charge in [0.05, 0.1) is 5.56 Å². The molecule has 0 amide bonds. The van der Waals surface area contributed by atoms with Crippen molar-refractivity contribution >= 4 is 11.7 Å². The molecule has 1 saturated heterocycles. The van der Waals surface area contributed by atoms with E-state index in [-0.39, 0.29) is 0 Å². The van der Waals surface area contributed by atoms with E-state index < -0.39 is 5.97 Å². The van der Waals surface area contributed by atoms with Crippen molar-refractivity contribution in [3.8, 4) is 0 Å². The van der Waals surface area contributed by atoms with Gasteiger partial charge in [-0.05, 0) is 31.4 Å². The second-order valence-corrected chi connectivity index (χ2v) is 4.24. The molecular weight excluding hydrogens is 218 g/mol. The number of hydrogen-bond acceptors (Lipinski definition) is 3. The van der Waals surface area contributed by atoms with Gasteiger partial charge < -0.3 is 15.2 Å². The van der Waals surface area contributed by atoms with E-state index in [0.29, 0.717) is 17.3 Å². The third kappa shape index (κ3) is 3.20. The number of rotatable bonds is 3. The molecule has 0 aromatic heterocycles. The first-order valence-electron chi connectivity index (χ1n) is 5.94. The van der Waals surface area contributed by atoms with Gasteiger partial charge in [0.2, 0.25) is 0 Å². The first kappa shape index (κ1) is 11.9. The number of carbonyl (C=O) groups is 1. The van der Waals surface area contributed by atoms with Gasteiger partial charge in [0.1, 0.15) is 0 Å². The molecule has 1 unspecified atom stereocenters. The highest BCUT2D eigenvalue weighted by atomic mass is 16.5. The fraction of sp³-hybridized carbons (Fsp3) is 0.462. The first-order valence-corrected chi connectivity index (χ1v) is 5.94. The van der Waals surface area contributed by atoms with Gasteiger partial charge in [-0.1, -0.05) is 12.1 Å².